The number of halogens is 3. The topological polar surface area (TPSA) is 62.5 Å². The number of hydrogen-bond acceptors (Lipinski definition) is 3. The predicted molar refractivity (Wildman–Crippen MR) is 70.5 cm³/mol. The number of carbonyl (C=O) groups excluding carboxylic acids is 1. The van der Waals surface area contributed by atoms with Crippen molar-refractivity contribution in [1.29, 1.82) is 0 Å². The van der Waals surface area contributed by atoms with Crippen molar-refractivity contribution < 1.29 is 27.5 Å². The second kappa shape index (κ2) is 5.71. The van der Waals surface area contributed by atoms with Crippen molar-refractivity contribution in [1.82, 2.24) is 5.32 Å². The molecule has 1 heterocycles. The number of nitrogens with one attached hydrogen (secondary N) is 1. The summed E-state index contributed by atoms with van der Waals surface area (Å²) in [6.07, 6.45) is -5.62. The highest BCUT2D eigenvalue weighted by atomic mass is 19.4. The van der Waals surface area contributed by atoms with Gasteiger partial charge in [-0.15, -0.1) is 0 Å². The number of aliphatic hydroxyl groups is 1. The molecule has 0 radical (unpaired) electrons. The first-order valence-electron chi connectivity index (χ1n) is 6.58. The molecule has 0 spiro atoms. The molecule has 1 unspecified atom stereocenters. The summed E-state index contributed by atoms with van der Waals surface area (Å²) in [6.45, 7) is 6.63. The molecule has 4 nitrogen and oxygen atoms in total. The van der Waals surface area contributed by atoms with E-state index in [-0.39, 0.29) is 5.76 Å². The lowest BCUT2D eigenvalue weighted by atomic mass is 9.94. The Morgan fingerprint density at radius 3 is 2.29 bits per heavy atom. The van der Waals surface area contributed by atoms with Crippen LogP contribution in [0.25, 0.3) is 0 Å². The third-order valence-electron chi connectivity index (χ3n) is 3.40. The number of furan rings is 1. The molecule has 0 fully saturated rings. The first-order valence-corrected chi connectivity index (χ1v) is 6.58. The zero-order valence-electron chi connectivity index (χ0n) is 12.5. The van der Waals surface area contributed by atoms with Crippen LogP contribution in [0, 0.1) is 6.92 Å². The van der Waals surface area contributed by atoms with Gasteiger partial charge in [-0.25, -0.2) is 0 Å². The van der Waals surface area contributed by atoms with E-state index in [1.807, 2.05) is 0 Å². The van der Waals surface area contributed by atoms with Gasteiger partial charge in [0, 0.05) is 5.54 Å². The van der Waals surface area contributed by atoms with Crippen LogP contribution in [-0.2, 0) is 10.4 Å². The van der Waals surface area contributed by atoms with E-state index in [0.717, 1.165) is 6.07 Å². The van der Waals surface area contributed by atoms with Crippen molar-refractivity contribution in [2.75, 3.05) is 0 Å². The maximum atomic E-state index is 13.2. The molecule has 1 aromatic rings. The van der Waals surface area contributed by atoms with E-state index in [0.29, 0.717) is 6.42 Å². The lowest BCUT2D eigenvalue weighted by Gasteiger charge is -2.30. The van der Waals surface area contributed by atoms with Gasteiger partial charge in [0.25, 0.3) is 0 Å². The summed E-state index contributed by atoms with van der Waals surface area (Å²) < 4.78 is 44.4. The van der Waals surface area contributed by atoms with Crippen LogP contribution in [-0.4, -0.2) is 22.7 Å². The van der Waals surface area contributed by atoms with Crippen LogP contribution in [0.3, 0.4) is 0 Å². The molecule has 1 amide bonds. The van der Waals surface area contributed by atoms with Crippen molar-refractivity contribution in [3.8, 4) is 0 Å². The van der Waals surface area contributed by atoms with Crippen molar-refractivity contribution in [3.05, 3.63) is 23.7 Å². The van der Waals surface area contributed by atoms with Gasteiger partial charge in [-0.1, -0.05) is 6.92 Å². The largest absolute Gasteiger partial charge is 0.463 e. The molecule has 1 atom stereocenters. The van der Waals surface area contributed by atoms with Crippen molar-refractivity contribution >= 4 is 5.91 Å². The minimum absolute atomic E-state index is 0.224. The first-order chi connectivity index (χ1) is 9.41. The average molecular weight is 307 g/mol. The predicted octanol–water partition coefficient (Wildman–Crippen LogP) is 3.03. The first kappa shape index (κ1) is 17.6. The monoisotopic (exact) mass is 307 g/mol. The molecule has 0 aromatic carbocycles. The number of aryl methyl sites for hydroxylation is 1. The zero-order chi connectivity index (χ0) is 16.5. The molecule has 7 heteroatoms. The normalized spacial score (nSPS) is 15.6. The van der Waals surface area contributed by atoms with E-state index in [9.17, 15) is 23.1 Å². The van der Waals surface area contributed by atoms with E-state index >= 15 is 0 Å². The fourth-order valence-electron chi connectivity index (χ4n) is 1.73. The second-order valence-electron chi connectivity index (χ2n) is 5.73. The fourth-order valence-corrected chi connectivity index (χ4v) is 1.73. The van der Waals surface area contributed by atoms with Gasteiger partial charge >= 0.3 is 6.18 Å². The van der Waals surface area contributed by atoms with Crippen LogP contribution < -0.4 is 5.32 Å². The van der Waals surface area contributed by atoms with E-state index in [1.165, 1.54) is 13.0 Å². The van der Waals surface area contributed by atoms with Crippen LogP contribution in [0.5, 0.6) is 0 Å². The number of alkyl halides is 3. The van der Waals surface area contributed by atoms with Crippen LogP contribution in [0.1, 0.15) is 45.1 Å². The van der Waals surface area contributed by atoms with Gasteiger partial charge in [-0.3, -0.25) is 4.79 Å². The highest BCUT2D eigenvalue weighted by Crippen LogP contribution is 2.42. The van der Waals surface area contributed by atoms with Crippen LogP contribution >= 0.6 is 0 Å². The molecule has 1 rings (SSSR count). The van der Waals surface area contributed by atoms with Gasteiger partial charge < -0.3 is 14.8 Å². The molecule has 0 saturated heterocycles. The molecular weight excluding hydrogens is 287 g/mol. The van der Waals surface area contributed by atoms with Crippen molar-refractivity contribution in [3.63, 3.8) is 0 Å². The quantitative estimate of drug-likeness (QED) is 0.879. The maximum absolute atomic E-state index is 13.2. The Morgan fingerprint density at radius 1 is 1.33 bits per heavy atom. The minimum Gasteiger partial charge on any atom is -0.463 e. The van der Waals surface area contributed by atoms with Crippen LogP contribution in [0.2, 0.25) is 0 Å². The highest BCUT2D eigenvalue weighted by Gasteiger charge is 2.58. The molecule has 0 aliphatic carbocycles. The lowest BCUT2D eigenvalue weighted by molar-refractivity contribution is -0.273. The minimum atomic E-state index is -5.02. The summed E-state index contributed by atoms with van der Waals surface area (Å²) in [4.78, 5) is 11.8. The molecule has 21 heavy (non-hydrogen) atoms. The van der Waals surface area contributed by atoms with E-state index in [1.54, 1.807) is 20.8 Å². The van der Waals surface area contributed by atoms with Gasteiger partial charge in [-0.05, 0) is 39.3 Å². The standard InChI is InChI=1S/C14H20F3NO3/c1-5-12(3,4)18-11(19)8-13(20,14(15,16)17)10-7-6-9(2)21-10/h6-7,20H,5,8H2,1-4H3,(H,18,19). The van der Waals surface area contributed by atoms with Gasteiger partial charge in [-0.2, -0.15) is 13.2 Å². The van der Waals surface area contributed by atoms with Gasteiger partial charge in [0.1, 0.15) is 11.5 Å². The van der Waals surface area contributed by atoms with Gasteiger partial charge in [0.15, 0.2) is 0 Å². The van der Waals surface area contributed by atoms with E-state index in [2.05, 4.69) is 5.32 Å². The smallest absolute Gasteiger partial charge is 0.425 e. The Labute approximate surface area is 121 Å². The molecular formula is C14H20F3NO3. The lowest BCUT2D eigenvalue weighted by Crippen LogP contribution is -2.50. The summed E-state index contributed by atoms with van der Waals surface area (Å²) in [7, 11) is 0. The van der Waals surface area contributed by atoms with Crippen molar-refractivity contribution in [2.24, 2.45) is 0 Å². The van der Waals surface area contributed by atoms with Crippen LogP contribution in [0.15, 0.2) is 16.5 Å². The molecule has 0 saturated carbocycles. The molecule has 1 aromatic heterocycles. The fraction of sp³-hybridized carbons (Fsp3) is 0.643. The Morgan fingerprint density at radius 2 is 1.90 bits per heavy atom. The number of carbonyl (C=O) groups is 1. The van der Waals surface area contributed by atoms with E-state index < -0.39 is 35.4 Å². The van der Waals surface area contributed by atoms with Gasteiger partial charge in [0.2, 0.25) is 11.5 Å². The second-order valence-corrected chi connectivity index (χ2v) is 5.73. The molecule has 0 aliphatic heterocycles. The van der Waals surface area contributed by atoms with Crippen molar-refractivity contribution in [2.45, 2.75) is 57.9 Å². The van der Waals surface area contributed by atoms with E-state index in [4.69, 9.17) is 4.42 Å². The Hall–Kier alpha value is -1.50. The Bertz CT molecular complexity index is 508. The average Bonchev–Trinajstić information content (AvgIpc) is 2.73. The Kier molecular flexibility index (Phi) is 4.77. The summed E-state index contributed by atoms with van der Waals surface area (Å²) in [5.74, 6) is -1.35. The SMILES string of the molecule is CCC(C)(C)NC(=O)CC(O)(c1ccc(C)o1)C(F)(F)F. The zero-order valence-corrected chi connectivity index (χ0v) is 12.5. The molecule has 0 bridgehead atoms. The van der Waals surface area contributed by atoms with Gasteiger partial charge in [0.05, 0.1) is 6.42 Å². The number of rotatable bonds is 5. The number of amides is 1. The van der Waals surface area contributed by atoms with Crippen LogP contribution in [0.4, 0.5) is 13.2 Å². The number of hydrogen-bond donors (Lipinski definition) is 2. The highest BCUT2D eigenvalue weighted by molar-refractivity contribution is 5.78. The molecule has 120 valence electrons. The summed E-state index contributed by atoms with van der Waals surface area (Å²) in [5, 5.41) is 12.5. The summed E-state index contributed by atoms with van der Waals surface area (Å²) in [5.41, 5.74) is -3.99. The summed E-state index contributed by atoms with van der Waals surface area (Å²) >= 11 is 0. The third kappa shape index (κ3) is 4.00. The molecule has 2 N–H and O–H groups in total. The maximum Gasteiger partial charge on any atom is 0.425 e. The molecule has 0 aliphatic rings. The Balaban J connectivity index is 3.03. The summed E-state index contributed by atoms with van der Waals surface area (Å²) in [6, 6.07) is 2.33. The third-order valence-corrected chi connectivity index (χ3v) is 3.40.